The number of hydrogen-bond acceptors (Lipinski definition) is 2. The fourth-order valence-electron chi connectivity index (χ4n) is 5.98. The van der Waals surface area contributed by atoms with Crippen molar-refractivity contribution in [2.75, 3.05) is 0 Å². The van der Waals surface area contributed by atoms with Crippen molar-refractivity contribution < 1.29 is 4.79 Å². The van der Waals surface area contributed by atoms with E-state index < -0.39 is 0 Å². The summed E-state index contributed by atoms with van der Waals surface area (Å²) < 4.78 is 2.00. The molecule has 24 heavy (non-hydrogen) atoms. The van der Waals surface area contributed by atoms with Gasteiger partial charge in [-0.05, 0) is 75.5 Å². The number of amides is 1. The van der Waals surface area contributed by atoms with E-state index in [0.717, 1.165) is 24.3 Å². The Bertz CT molecular complexity index is 596. The van der Waals surface area contributed by atoms with Crippen LogP contribution >= 0.6 is 0 Å². The maximum Gasteiger partial charge on any atom is 0.244 e. The summed E-state index contributed by atoms with van der Waals surface area (Å²) in [5.41, 5.74) is 1.66. The zero-order valence-electron chi connectivity index (χ0n) is 14.9. The molecular weight excluding hydrogens is 298 g/mol. The number of nitrogens with one attached hydrogen (secondary N) is 1. The molecule has 4 bridgehead atoms. The maximum atomic E-state index is 12.5. The van der Waals surface area contributed by atoms with Crippen LogP contribution < -0.4 is 5.32 Å². The summed E-state index contributed by atoms with van der Waals surface area (Å²) in [6.45, 7) is 5.01. The zero-order chi connectivity index (χ0) is 16.7. The molecule has 0 aromatic carbocycles. The molecule has 4 nitrogen and oxygen atoms in total. The van der Waals surface area contributed by atoms with E-state index >= 15 is 0 Å². The maximum absolute atomic E-state index is 12.5. The van der Waals surface area contributed by atoms with Crippen molar-refractivity contribution in [1.82, 2.24) is 14.9 Å². The van der Waals surface area contributed by atoms with Crippen LogP contribution in [-0.4, -0.2) is 21.5 Å². The fourth-order valence-corrected chi connectivity index (χ4v) is 5.98. The van der Waals surface area contributed by atoms with Crippen molar-refractivity contribution in [3.63, 3.8) is 0 Å². The summed E-state index contributed by atoms with van der Waals surface area (Å²) in [7, 11) is 0. The monoisotopic (exact) mass is 327 g/mol. The van der Waals surface area contributed by atoms with Gasteiger partial charge in [0.15, 0.2) is 0 Å². The quantitative estimate of drug-likeness (QED) is 0.841. The number of carbonyl (C=O) groups excluding carboxylic acids is 1. The standard InChI is InChI=1S/C20H29N3O/c1-14(5-19(24)22-15(2)12-23-4-3-21-13-23)20-9-16-6-17(10-20)8-18(7-16)11-20/h3-5,13,15-18H,6-12H2,1-2H3,(H,22,24). The molecule has 1 atom stereocenters. The van der Waals surface area contributed by atoms with Crippen LogP contribution in [0, 0.1) is 23.2 Å². The second-order valence-electron chi connectivity index (χ2n) is 8.69. The van der Waals surface area contributed by atoms with Crippen LogP contribution in [0.4, 0.5) is 0 Å². The van der Waals surface area contributed by atoms with Crippen molar-refractivity contribution in [1.29, 1.82) is 0 Å². The minimum Gasteiger partial charge on any atom is -0.348 e. The van der Waals surface area contributed by atoms with Crippen LogP contribution in [0.15, 0.2) is 30.4 Å². The summed E-state index contributed by atoms with van der Waals surface area (Å²) in [5.74, 6) is 2.82. The first kappa shape index (κ1) is 15.9. The molecule has 1 N–H and O–H groups in total. The zero-order valence-corrected chi connectivity index (χ0v) is 14.9. The smallest absolute Gasteiger partial charge is 0.244 e. The first-order chi connectivity index (χ1) is 11.5. The highest BCUT2D eigenvalue weighted by Gasteiger charge is 2.51. The third-order valence-electron chi connectivity index (χ3n) is 6.65. The van der Waals surface area contributed by atoms with E-state index in [9.17, 15) is 4.79 Å². The SMILES string of the molecule is CC(=CC(=O)NC(C)Cn1ccnc1)C12CC3CC(CC(C3)C1)C2. The van der Waals surface area contributed by atoms with E-state index in [1.54, 1.807) is 12.5 Å². The van der Waals surface area contributed by atoms with E-state index in [1.165, 1.54) is 44.1 Å². The molecule has 1 unspecified atom stereocenters. The Labute approximate surface area is 144 Å². The molecule has 4 aliphatic rings. The van der Waals surface area contributed by atoms with Crippen LogP contribution in [0.5, 0.6) is 0 Å². The molecule has 4 fully saturated rings. The van der Waals surface area contributed by atoms with Crippen LogP contribution in [0.25, 0.3) is 0 Å². The molecule has 1 aromatic heterocycles. The normalized spacial score (nSPS) is 35.9. The Kier molecular flexibility index (Phi) is 4.01. The summed E-state index contributed by atoms with van der Waals surface area (Å²) in [4.78, 5) is 16.5. The number of aromatic nitrogens is 2. The molecule has 0 aliphatic heterocycles. The molecule has 4 aliphatic carbocycles. The second-order valence-corrected chi connectivity index (χ2v) is 8.69. The van der Waals surface area contributed by atoms with E-state index in [0.29, 0.717) is 5.41 Å². The number of hydrogen-bond donors (Lipinski definition) is 1. The fraction of sp³-hybridized carbons (Fsp3) is 0.700. The topological polar surface area (TPSA) is 46.9 Å². The lowest BCUT2D eigenvalue weighted by Gasteiger charge is -2.57. The molecule has 1 amide bonds. The molecular formula is C20H29N3O. The summed E-state index contributed by atoms with van der Waals surface area (Å²) in [5, 5.41) is 3.12. The predicted octanol–water partition coefficient (Wildman–Crippen LogP) is 3.55. The predicted molar refractivity (Wildman–Crippen MR) is 94.2 cm³/mol. The second kappa shape index (κ2) is 6.05. The molecule has 1 aromatic rings. The molecule has 0 saturated heterocycles. The van der Waals surface area contributed by atoms with Crippen molar-refractivity contribution >= 4 is 5.91 Å². The summed E-state index contributed by atoms with van der Waals surface area (Å²) in [6, 6.07) is 0.104. The molecule has 130 valence electrons. The van der Waals surface area contributed by atoms with Gasteiger partial charge < -0.3 is 9.88 Å². The van der Waals surface area contributed by atoms with Gasteiger partial charge in [0.1, 0.15) is 0 Å². The highest BCUT2D eigenvalue weighted by molar-refractivity contribution is 5.88. The van der Waals surface area contributed by atoms with Crippen molar-refractivity contribution in [3.8, 4) is 0 Å². The number of rotatable bonds is 5. The Morgan fingerprint density at radius 2 is 1.92 bits per heavy atom. The van der Waals surface area contributed by atoms with Crippen molar-refractivity contribution in [2.24, 2.45) is 23.2 Å². The van der Waals surface area contributed by atoms with E-state index in [-0.39, 0.29) is 11.9 Å². The Balaban J connectivity index is 1.40. The van der Waals surface area contributed by atoms with Gasteiger partial charge in [0.2, 0.25) is 5.91 Å². The molecule has 5 rings (SSSR count). The van der Waals surface area contributed by atoms with Crippen molar-refractivity contribution in [2.45, 2.75) is 65.0 Å². The average molecular weight is 327 g/mol. The van der Waals surface area contributed by atoms with Gasteiger partial charge in [0.05, 0.1) is 6.33 Å². The van der Waals surface area contributed by atoms with Gasteiger partial charge in [0, 0.05) is 31.1 Å². The van der Waals surface area contributed by atoms with Gasteiger partial charge in [-0.2, -0.15) is 0 Å². The minimum absolute atomic E-state index is 0.0656. The van der Waals surface area contributed by atoms with Gasteiger partial charge in [-0.3, -0.25) is 4.79 Å². The number of allylic oxidation sites excluding steroid dienone is 1. The lowest BCUT2D eigenvalue weighted by Crippen LogP contribution is -2.47. The van der Waals surface area contributed by atoms with Crippen LogP contribution in [0.2, 0.25) is 0 Å². The van der Waals surface area contributed by atoms with Gasteiger partial charge in [-0.1, -0.05) is 5.57 Å². The van der Waals surface area contributed by atoms with Gasteiger partial charge in [-0.25, -0.2) is 4.98 Å². The molecule has 4 heteroatoms. The summed E-state index contributed by atoms with van der Waals surface area (Å²) >= 11 is 0. The number of nitrogens with zero attached hydrogens (tertiary/aromatic N) is 2. The number of carbonyl (C=O) groups is 1. The third kappa shape index (κ3) is 3.03. The van der Waals surface area contributed by atoms with Crippen LogP contribution in [-0.2, 0) is 11.3 Å². The highest BCUT2D eigenvalue weighted by atomic mass is 16.1. The minimum atomic E-state index is 0.0656. The molecule has 0 spiro atoms. The lowest BCUT2D eigenvalue weighted by molar-refractivity contribution is -0.117. The Hall–Kier alpha value is -1.58. The van der Waals surface area contributed by atoms with Crippen LogP contribution in [0.1, 0.15) is 52.4 Å². The van der Waals surface area contributed by atoms with E-state index in [1.807, 2.05) is 23.8 Å². The Morgan fingerprint density at radius 1 is 1.29 bits per heavy atom. The first-order valence-corrected chi connectivity index (χ1v) is 9.47. The number of imidazole rings is 1. The Morgan fingerprint density at radius 3 is 2.46 bits per heavy atom. The molecule has 4 saturated carbocycles. The first-order valence-electron chi connectivity index (χ1n) is 9.47. The van der Waals surface area contributed by atoms with Gasteiger partial charge in [0.25, 0.3) is 0 Å². The molecule has 1 heterocycles. The van der Waals surface area contributed by atoms with Gasteiger partial charge >= 0.3 is 0 Å². The summed E-state index contributed by atoms with van der Waals surface area (Å²) in [6.07, 6.45) is 15.7. The van der Waals surface area contributed by atoms with E-state index in [4.69, 9.17) is 0 Å². The lowest BCUT2D eigenvalue weighted by atomic mass is 9.48. The third-order valence-corrected chi connectivity index (χ3v) is 6.65. The molecule has 0 radical (unpaired) electrons. The largest absolute Gasteiger partial charge is 0.348 e. The average Bonchev–Trinajstić information content (AvgIpc) is 2.98. The van der Waals surface area contributed by atoms with Crippen molar-refractivity contribution in [3.05, 3.63) is 30.4 Å². The van der Waals surface area contributed by atoms with Crippen LogP contribution in [0.3, 0.4) is 0 Å². The highest BCUT2D eigenvalue weighted by Crippen LogP contribution is 2.62. The van der Waals surface area contributed by atoms with E-state index in [2.05, 4.69) is 17.2 Å². The van der Waals surface area contributed by atoms with Gasteiger partial charge in [-0.15, -0.1) is 0 Å².